The third kappa shape index (κ3) is 1.59. The Morgan fingerprint density at radius 3 is 2.50 bits per heavy atom. The molecule has 0 saturated carbocycles. The van der Waals surface area contributed by atoms with Crippen LogP contribution in [0.1, 0.15) is 0 Å². The number of imide groups is 1. The summed E-state index contributed by atoms with van der Waals surface area (Å²) < 4.78 is 1.63. The fourth-order valence-corrected chi connectivity index (χ4v) is 1.37. The van der Waals surface area contributed by atoms with Gasteiger partial charge in [-0.15, -0.1) is 0 Å². The van der Waals surface area contributed by atoms with Crippen molar-refractivity contribution in [2.45, 2.75) is 0 Å². The van der Waals surface area contributed by atoms with E-state index in [0.717, 1.165) is 0 Å². The lowest BCUT2D eigenvalue weighted by Gasteiger charge is -2.24. The zero-order valence-corrected chi connectivity index (χ0v) is 7.73. The standard InChI is InChI=1S/C8H10N4O2/c1-11-3-2-6(10-11)12-4-7(13)9-8(14)5-12/h2-3H,4-5H2,1H3,(H,9,13,14). The second kappa shape index (κ2) is 3.13. The molecule has 1 aliphatic rings. The number of aryl methyl sites for hydroxylation is 1. The summed E-state index contributed by atoms with van der Waals surface area (Å²) in [5.41, 5.74) is 0. The molecule has 14 heavy (non-hydrogen) atoms. The highest BCUT2D eigenvalue weighted by molar-refractivity contribution is 6.02. The van der Waals surface area contributed by atoms with Gasteiger partial charge in [-0.25, -0.2) is 0 Å². The van der Waals surface area contributed by atoms with Gasteiger partial charge in [0.25, 0.3) is 0 Å². The highest BCUT2D eigenvalue weighted by atomic mass is 16.2. The van der Waals surface area contributed by atoms with Crippen molar-refractivity contribution in [3.63, 3.8) is 0 Å². The van der Waals surface area contributed by atoms with E-state index in [0.29, 0.717) is 5.82 Å². The number of amides is 2. The van der Waals surface area contributed by atoms with Crippen LogP contribution < -0.4 is 10.2 Å². The molecule has 0 spiro atoms. The molecule has 6 heteroatoms. The van der Waals surface area contributed by atoms with Gasteiger partial charge < -0.3 is 4.90 Å². The zero-order valence-electron chi connectivity index (χ0n) is 7.73. The second-order valence-corrected chi connectivity index (χ2v) is 3.18. The molecule has 1 aliphatic heterocycles. The Morgan fingerprint density at radius 2 is 2.00 bits per heavy atom. The lowest BCUT2D eigenvalue weighted by atomic mass is 10.3. The van der Waals surface area contributed by atoms with Gasteiger partial charge in [0.2, 0.25) is 11.8 Å². The highest BCUT2D eigenvalue weighted by Crippen LogP contribution is 2.10. The van der Waals surface area contributed by atoms with Crippen molar-refractivity contribution in [3.8, 4) is 0 Å². The van der Waals surface area contributed by atoms with Crippen molar-refractivity contribution in [3.05, 3.63) is 12.3 Å². The first-order valence-corrected chi connectivity index (χ1v) is 4.22. The molecule has 0 aliphatic carbocycles. The van der Waals surface area contributed by atoms with Crippen molar-refractivity contribution in [1.29, 1.82) is 0 Å². The van der Waals surface area contributed by atoms with E-state index in [9.17, 15) is 9.59 Å². The molecule has 0 atom stereocenters. The summed E-state index contributed by atoms with van der Waals surface area (Å²) in [5.74, 6) is 0.0782. The van der Waals surface area contributed by atoms with Gasteiger partial charge >= 0.3 is 0 Å². The number of aromatic nitrogens is 2. The minimum Gasteiger partial charge on any atom is -0.337 e. The molecule has 2 rings (SSSR count). The van der Waals surface area contributed by atoms with Gasteiger partial charge in [0.15, 0.2) is 5.82 Å². The number of hydrogen-bond donors (Lipinski definition) is 1. The average molecular weight is 194 g/mol. The minimum atomic E-state index is -0.285. The summed E-state index contributed by atoms with van der Waals surface area (Å²) >= 11 is 0. The Morgan fingerprint density at radius 1 is 1.36 bits per heavy atom. The summed E-state index contributed by atoms with van der Waals surface area (Å²) in [5, 5.41) is 6.35. The molecule has 0 aromatic carbocycles. The molecule has 1 aromatic heterocycles. The predicted octanol–water partition coefficient (Wildman–Crippen LogP) is -1.12. The van der Waals surface area contributed by atoms with E-state index in [-0.39, 0.29) is 24.9 Å². The number of piperazine rings is 1. The predicted molar refractivity (Wildman–Crippen MR) is 48.6 cm³/mol. The van der Waals surface area contributed by atoms with Gasteiger partial charge in [-0.1, -0.05) is 0 Å². The van der Waals surface area contributed by atoms with Gasteiger partial charge in [-0.05, 0) is 0 Å². The molecular weight excluding hydrogens is 184 g/mol. The smallest absolute Gasteiger partial charge is 0.246 e. The van der Waals surface area contributed by atoms with E-state index < -0.39 is 0 Å². The van der Waals surface area contributed by atoms with Crippen LogP contribution in [-0.4, -0.2) is 34.7 Å². The maximum absolute atomic E-state index is 11.1. The van der Waals surface area contributed by atoms with E-state index in [1.165, 1.54) is 0 Å². The van der Waals surface area contributed by atoms with Crippen molar-refractivity contribution in [2.75, 3.05) is 18.0 Å². The number of nitrogens with zero attached hydrogens (tertiary/aromatic N) is 3. The topological polar surface area (TPSA) is 67.2 Å². The van der Waals surface area contributed by atoms with Gasteiger partial charge in [0.1, 0.15) is 0 Å². The molecule has 1 saturated heterocycles. The van der Waals surface area contributed by atoms with Gasteiger partial charge in [0.05, 0.1) is 13.1 Å². The SMILES string of the molecule is Cn1ccc(N2CC(=O)NC(=O)C2)n1. The Hall–Kier alpha value is -1.85. The number of anilines is 1. The molecule has 6 nitrogen and oxygen atoms in total. The summed E-state index contributed by atoms with van der Waals surface area (Å²) in [6, 6.07) is 1.77. The molecule has 1 N–H and O–H groups in total. The quantitative estimate of drug-likeness (QED) is 0.575. The summed E-state index contributed by atoms with van der Waals surface area (Å²) in [7, 11) is 1.79. The summed E-state index contributed by atoms with van der Waals surface area (Å²) in [4.78, 5) is 23.8. The molecule has 74 valence electrons. The summed E-state index contributed by atoms with van der Waals surface area (Å²) in [6.07, 6.45) is 1.77. The second-order valence-electron chi connectivity index (χ2n) is 3.18. The van der Waals surface area contributed by atoms with Crippen LogP contribution in [0.15, 0.2) is 12.3 Å². The Labute approximate surface area is 80.5 Å². The normalized spacial score (nSPS) is 17.1. The molecule has 0 radical (unpaired) electrons. The fraction of sp³-hybridized carbons (Fsp3) is 0.375. The van der Waals surface area contributed by atoms with Gasteiger partial charge in [-0.2, -0.15) is 5.10 Å². The van der Waals surface area contributed by atoms with Crippen LogP contribution in [0.2, 0.25) is 0 Å². The molecule has 0 bridgehead atoms. The largest absolute Gasteiger partial charge is 0.337 e. The summed E-state index contributed by atoms with van der Waals surface area (Å²) in [6.45, 7) is 0.367. The number of hydrogen-bond acceptors (Lipinski definition) is 4. The van der Waals surface area contributed by atoms with Crippen LogP contribution in [0, 0.1) is 0 Å². The van der Waals surface area contributed by atoms with E-state index in [2.05, 4.69) is 10.4 Å². The number of carbonyl (C=O) groups is 2. The number of carbonyl (C=O) groups excluding carboxylic acids is 2. The van der Waals surface area contributed by atoms with E-state index >= 15 is 0 Å². The maximum atomic E-state index is 11.1. The van der Waals surface area contributed by atoms with Gasteiger partial charge in [-0.3, -0.25) is 19.6 Å². The van der Waals surface area contributed by atoms with E-state index in [1.54, 1.807) is 28.9 Å². The van der Waals surface area contributed by atoms with Crippen molar-refractivity contribution >= 4 is 17.6 Å². The van der Waals surface area contributed by atoms with Crippen LogP contribution in [0.5, 0.6) is 0 Å². The Balaban J connectivity index is 2.18. The van der Waals surface area contributed by atoms with Crippen molar-refractivity contribution < 1.29 is 9.59 Å². The third-order valence-corrected chi connectivity index (χ3v) is 1.97. The highest BCUT2D eigenvalue weighted by Gasteiger charge is 2.23. The monoisotopic (exact) mass is 194 g/mol. The molecule has 1 aromatic rings. The maximum Gasteiger partial charge on any atom is 0.246 e. The van der Waals surface area contributed by atoms with Gasteiger partial charge in [0, 0.05) is 19.3 Å². The van der Waals surface area contributed by atoms with Crippen LogP contribution >= 0.6 is 0 Å². The molecule has 0 unspecified atom stereocenters. The van der Waals surface area contributed by atoms with Crippen LogP contribution in [0.3, 0.4) is 0 Å². The lowest BCUT2D eigenvalue weighted by molar-refractivity contribution is -0.130. The Kier molecular flexibility index (Phi) is 1.95. The Bertz CT molecular complexity index is 368. The van der Waals surface area contributed by atoms with E-state index in [4.69, 9.17) is 0 Å². The fourth-order valence-electron chi connectivity index (χ4n) is 1.37. The number of rotatable bonds is 1. The van der Waals surface area contributed by atoms with Crippen LogP contribution in [-0.2, 0) is 16.6 Å². The first kappa shape index (κ1) is 8.74. The number of nitrogens with one attached hydrogen (secondary N) is 1. The van der Waals surface area contributed by atoms with Crippen LogP contribution in [0.25, 0.3) is 0 Å². The molecular formula is C8H10N4O2. The van der Waals surface area contributed by atoms with Crippen molar-refractivity contribution in [2.24, 2.45) is 7.05 Å². The van der Waals surface area contributed by atoms with Crippen molar-refractivity contribution in [1.82, 2.24) is 15.1 Å². The first-order valence-electron chi connectivity index (χ1n) is 4.22. The lowest BCUT2D eigenvalue weighted by Crippen LogP contribution is -2.51. The molecule has 1 fully saturated rings. The third-order valence-electron chi connectivity index (χ3n) is 1.97. The first-order chi connectivity index (χ1) is 6.65. The molecule has 2 amide bonds. The zero-order chi connectivity index (χ0) is 10.1. The average Bonchev–Trinajstić information content (AvgIpc) is 2.50. The van der Waals surface area contributed by atoms with Crippen LogP contribution in [0.4, 0.5) is 5.82 Å². The molecule has 2 heterocycles. The minimum absolute atomic E-state index is 0.183. The van der Waals surface area contributed by atoms with E-state index in [1.807, 2.05) is 0 Å².